The largest absolute Gasteiger partial charge is 0.466 e. The van der Waals surface area contributed by atoms with E-state index in [1.165, 1.54) is 17.7 Å². The molecule has 1 heterocycles. The highest BCUT2D eigenvalue weighted by Crippen LogP contribution is 1.99. The van der Waals surface area contributed by atoms with Crippen molar-refractivity contribution in [1.82, 2.24) is 9.13 Å². The van der Waals surface area contributed by atoms with Crippen LogP contribution in [-0.2, 0) is 23.1 Å². The van der Waals surface area contributed by atoms with Crippen LogP contribution in [0.25, 0.3) is 0 Å². The Morgan fingerprint density at radius 3 is 2.68 bits per heavy atom. The van der Waals surface area contributed by atoms with Gasteiger partial charge in [-0.1, -0.05) is 0 Å². The molecule has 0 aromatic carbocycles. The Kier molecular flexibility index (Phi) is 5.35. The Hall–Kier alpha value is -2.05. The average Bonchev–Trinajstić information content (AvgIpc) is 2.35. The van der Waals surface area contributed by atoms with Crippen molar-refractivity contribution in [2.24, 2.45) is 7.05 Å². The van der Waals surface area contributed by atoms with Gasteiger partial charge in [-0.15, -0.1) is 0 Å². The number of nitrogen functional groups attached to an aromatic ring is 1. The molecule has 1 rings (SSSR count). The Bertz CT molecular complexity index is 559. The molecule has 7 nitrogen and oxygen atoms in total. The second kappa shape index (κ2) is 6.77. The lowest BCUT2D eigenvalue weighted by molar-refractivity contribution is -0.143. The maximum absolute atomic E-state index is 11.8. The normalized spacial score (nSPS) is 10.4. The summed E-state index contributed by atoms with van der Waals surface area (Å²) in [5, 5.41) is 0. The molecule has 0 saturated heterocycles. The quantitative estimate of drug-likeness (QED) is 0.573. The zero-order chi connectivity index (χ0) is 14.4. The van der Waals surface area contributed by atoms with E-state index in [1.807, 2.05) is 0 Å². The van der Waals surface area contributed by atoms with Crippen molar-refractivity contribution in [3.05, 3.63) is 26.9 Å². The second-order valence-corrected chi connectivity index (χ2v) is 4.16. The monoisotopic (exact) mass is 269 g/mol. The molecule has 0 aliphatic rings. The first-order valence-corrected chi connectivity index (χ1v) is 6.19. The fourth-order valence-corrected chi connectivity index (χ4v) is 1.67. The minimum absolute atomic E-state index is 0.137. The Balaban J connectivity index is 2.60. The molecule has 0 saturated carbocycles. The maximum atomic E-state index is 11.8. The first kappa shape index (κ1) is 15.0. The highest BCUT2D eigenvalue weighted by atomic mass is 16.5. The number of hydrogen-bond donors (Lipinski definition) is 1. The van der Waals surface area contributed by atoms with Crippen molar-refractivity contribution in [3.8, 4) is 0 Å². The van der Waals surface area contributed by atoms with Crippen LogP contribution in [0.4, 0.5) is 5.82 Å². The Morgan fingerprint density at radius 2 is 2.05 bits per heavy atom. The van der Waals surface area contributed by atoms with Crippen LogP contribution in [0.2, 0.25) is 0 Å². The number of rotatable bonds is 6. The molecular formula is C12H19N3O4. The summed E-state index contributed by atoms with van der Waals surface area (Å²) >= 11 is 0. The number of anilines is 1. The van der Waals surface area contributed by atoms with Crippen molar-refractivity contribution in [2.75, 3.05) is 12.3 Å². The number of unbranched alkanes of at least 4 members (excludes halogenated alkanes) is 1. The van der Waals surface area contributed by atoms with Gasteiger partial charge in [-0.2, -0.15) is 0 Å². The van der Waals surface area contributed by atoms with Crippen LogP contribution in [-0.4, -0.2) is 21.7 Å². The summed E-state index contributed by atoms with van der Waals surface area (Å²) < 4.78 is 7.11. The van der Waals surface area contributed by atoms with E-state index in [1.54, 1.807) is 6.92 Å². The predicted octanol–water partition coefficient (Wildman–Crippen LogP) is -0.137. The summed E-state index contributed by atoms with van der Waals surface area (Å²) in [5.41, 5.74) is 4.64. The summed E-state index contributed by atoms with van der Waals surface area (Å²) in [6.45, 7) is 2.37. The number of hydrogen-bond acceptors (Lipinski definition) is 5. The van der Waals surface area contributed by atoms with Crippen molar-refractivity contribution in [3.63, 3.8) is 0 Å². The fraction of sp³-hybridized carbons (Fsp3) is 0.583. The third kappa shape index (κ3) is 3.97. The van der Waals surface area contributed by atoms with Crippen LogP contribution in [0.3, 0.4) is 0 Å². The van der Waals surface area contributed by atoms with E-state index < -0.39 is 11.2 Å². The molecule has 0 radical (unpaired) electrons. The summed E-state index contributed by atoms with van der Waals surface area (Å²) in [4.78, 5) is 34.5. The molecule has 0 fully saturated rings. The second-order valence-electron chi connectivity index (χ2n) is 4.16. The van der Waals surface area contributed by atoms with Crippen LogP contribution in [0.1, 0.15) is 26.2 Å². The van der Waals surface area contributed by atoms with Crippen LogP contribution in [0.15, 0.2) is 15.7 Å². The number of esters is 1. The molecule has 0 unspecified atom stereocenters. The van der Waals surface area contributed by atoms with Crippen LogP contribution >= 0.6 is 0 Å². The van der Waals surface area contributed by atoms with Crippen molar-refractivity contribution in [1.29, 1.82) is 0 Å². The van der Waals surface area contributed by atoms with Gasteiger partial charge in [0.05, 0.1) is 6.61 Å². The first-order valence-electron chi connectivity index (χ1n) is 6.19. The van der Waals surface area contributed by atoms with Gasteiger partial charge in [-0.25, -0.2) is 4.79 Å². The summed E-state index contributed by atoms with van der Waals surface area (Å²) in [7, 11) is 1.51. The SMILES string of the molecule is CCOC(=O)CCCCn1c(=O)cc(N)n(C)c1=O. The van der Waals surface area contributed by atoms with Gasteiger partial charge in [0.2, 0.25) is 0 Å². The van der Waals surface area contributed by atoms with Gasteiger partial charge in [0.1, 0.15) is 5.82 Å². The number of ether oxygens (including phenoxy) is 1. The molecule has 0 aliphatic heterocycles. The summed E-state index contributed by atoms with van der Waals surface area (Å²) in [6.07, 6.45) is 1.41. The highest BCUT2D eigenvalue weighted by molar-refractivity contribution is 5.69. The van der Waals surface area contributed by atoms with Gasteiger partial charge in [-0.05, 0) is 19.8 Å². The molecule has 2 N–H and O–H groups in total. The molecule has 0 amide bonds. The molecular weight excluding hydrogens is 250 g/mol. The van der Waals surface area contributed by atoms with Gasteiger partial charge >= 0.3 is 11.7 Å². The lowest BCUT2D eigenvalue weighted by Crippen LogP contribution is -2.39. The van der Waals surface area contributed by atoms with E-state index in [0.29, 0.717) is 19.4 Å². The summed E-state index contributed by atoms with van der Waals surface area (Å²) in [6, 6.07) is 1.22. The van der Waals surface area contributed by atoms with Crippen LogP contribution in [0, 0.1) is 0 Å². The molecule has 0 bridgehead atoms. The molecule has 19 heavy (non-hydrogen) atoms. The van der Waals surface area contributed by atoms with Gasteiger partial charge in [-0.3, -0.25) is 18.7 Å². The van der Waals surface area contributed by atoms with Gasteiger partial charge < -0.3 is 10.5 Å². The average molecular weight is 269 g/mol. The van der Waals surface area contributed by atoms with Crippen molar-refractivity contribution in [2.45, 2.75) is 32.7 Å². The van der Waals surface area contributed by atoms with Crippen LogP contribution in [0.5, 0.6) is 0 Å². The van der Waals surface area contributed by atoms with Gasteiger partial charge in [0, 0.05) is 26.1 Å². The van der Waals surface area contributed by atoms with E-state index in [2.05, 4.69) is 0 Å². The van der Waals surface area contributed by atoms with Crippen molar-refractivity contribution < 1.29 is 9.53 Å². The van der Waals surface area contributed by atoms with Gasteiger partial charge in [0.15, 0.2) is 0 Å². The molecule has 0 atom stereocenters. The smallest absolute Gasteiger partial charge is 0.332 e. The highest BCUT2D eigenvalue weighted by Gasteiger charge is 2.07. The topological polar surface area (TPSA) is 96.3 Å². The van der Waals surface area contributed by atoms with Crippen molar-refractivity contribution >= 4 is 11.8 Å². The standard InChI is InChI=1S/C12H19N3O4/c1-3-19-11(17)6-4-5-7-15-10(16)8-9(13)14(2)12(15)18/h8H,3-7,13H2,1-2H3. The first-order chi connectivity index (χ1) is 8.97. The molecule has 1 aromatic heterocycles. The number of carbonyl (C=O) groups is 1. The lowest BCUT2D eigenvalue weighted by Gasteiger charge is -2.08. The zero-order valence-electron chi connectivity index (χ0n) is 11.2. The third-order valence-corrected chi connectivity index (χ3v) is 2.76. The van der Waals surface area contributed by atoms with Crippen LogP contribution < -0.4 is 17.0 Å². The lowest BCUT2D eigenvalue weighted by atomic mass is 10.2. The Labute approximate surface area is 110 Å². The Morgan fingerprint density at radius 1 is 1.37 bits per heavy atom. The fourth-order valence-electron chi connectivity index (χ4n) is 1.67. The van der Waals surface area contributed by atoms with E-state index in [9.17, 15) is 14.4 Å². The number of carbonyl (C=O) groups excluding carboxylic acids is 1. The number of nitrogens with two attached hydrogens (primary N) is 1. The molecule has 1 aromatic rings. The van der Waals surface area contributed by atoms with E-state index >= 15 is 0 Å². The molecule has 0 spiro atoms. The van der Waals surface area contributed by atoms with E-state index in [0.717, 1.165) is 4.57 Å². The zero-order valence-corrected chi connectivity index (χ0v) is 11.2. The minimum Gasteiger partial charge on any atom is -0.466 e. The minimum atomic E-state index is -0.443. The summed E-state index contributed by atoms with van der Waals surface area (Å²) in [5.74, 6) is -0.127. The molecule has 7 heteroatoms. The predicted molar refractivity (Wildman–Crippen MR) is 70.8 cm³/mol. The molecule has 106 valence electrons. The van der Waals surface area contributed by atoms with E-state index in [-0.39, 0.29) is 24.8 Å². The molecule has 0 aliphatic carbocycles. The number of aromatic nitrogens is 2. The van der Waals surface area contributed by atoms with Gasteiger partial charge in [0.25, 0.3) is 5.56 Å². The number of nitrogens with zero attached hydrogens (tertiary/aromatic N) is 2. The maximum Gasteiger partial charge on any atom is 0.332 e. The van der Waals surface area contributed by atoms with E-state index in [4.69, 9.17) is 10.5 Å². The third-order valence-electron chi connectivity index (χ3n) is 2.76.